The maximum Gasteiger partial charge on any atom is 0.243 e. The van der Waals surface area contributed by atoms with Gasteiger partial charge >= 0.3 is 0 Å². The van der Waals surface area contributed by atoms with Crippen LogP contribution in [0.15, 0.2) is 22.7 Å². The molecule has 2 N–H and O–H groups in total. The molecule has 1 aliphatic rings. The molecule has 0 radical (unpaired) electrons. The first-order valence-electron chi connectivity index (χ1n) is 5.91. The average molecular weight is 325 g/mol. The summed E-state index contributed by atoms with van der Waals surface area (Å²) in [7, 11) is 0. The summed E-state index contributed by atoms with van der Waals surface area (Å²) in [5.41, 5.74) is 1.40. The Balaban J connectivity index is 2.02. The molecule has 0 saturated carbocycles. The minimum Gasteiger partial charge on any atom is -0.302 e. The zero-order valence-electron chi connectivity index (χ0n) is 10.1. The second kappa shape index (κ2) is 6.08. The number of benzene rings is 1. The third kappa shape index (κ3) is 3.48. The summed E-state index contributed by atoms with van der Waals surface area (Å²) in [5.74, 6) is -0.544. The minimum atomic E-state index is -0.392. The van der Waals surface area contributed by atoms with Crippen molar-refractivity contribution < 1.29 is 14.4 Å². The van der Waals surface area contributed by atoms with Gasteiger partial charge in [-0.25, -0.2) is 0 Å². The molecule has 19 heavy (non-hydrogen) atoms. The van der Waals surface area contributed by atoms with Crippen LogP contribution in [0.5, 0.6) is 0 Å². The van der Waals surface area contributed by atoms with Crippen LogP contribution in [0.3, 0.4) is 0 Å². The van der Waals surface area contributed by atoms with E-state index in [9.17, 15) is 14.4 Å². The van der Waals surface area contributed by atoms with E-state index in [4.69, 9.17) is 0 Å². The fourth-order valence-corrected chi connectivity index (χ4v) is 2.37. The number of imide groups is 1. The van der Waals surface area contributed by atoms with Gasteiger partial charge in [-0.2, -0.15) is 0 Å². The normalized spacial score (nSPS) is 19.1. The van der Waals surface area contributed by atoms with Crippen molar-refractivity contribution in [2.24, 2.45) is 0 Å². The number of hydrogen-bond donors (Lipinski definition) is 2. The molecule has 1 atom stereocenters. The van der Waals surface area contributed by atoms with Gasteiger partial charge in [0.25, 0.3) is 0 Å². The summed E-state index contributed by atoms with van der Waals surface area (Å²) < 4.78 is 0.873. The molecule has 6 heteroatoms. The molecule has 1 saturated heterocycles. The van der Waals surface area contributed by atoms with Gasteiger partial charge in [-0.15, -0.1) is 0 Å². The molecule has 1 fully saturated rings. The Morgan fingerprint density at radius 1 is 1.42 bits per heavy atom. The maximum absolute atomic E-state index is 11.6. The van der Waals surface area contributed by atoms with Crippen molar-refractivity contribution in [3.8, 4) is 0 Å². The molecule has 1 aliphatic heterocycles. The third-order valence-corrected chi connectivity index (χ3v) is 3.50. The van der Waals surface area contributed by atoms with Gasteiger partial charge in [0.05, 0.1) is 6.04 Å². The van der Waals surface area contributed by atoms with Gasteiger partial charge in [-0.3, -0.25) is 19.7 Å². The molecule has 2 amide bonds. The molecule has 2 rings (SSSR count). The summed E-state index contributed by atoms with van der Waals surface area (Å²) in [6.45, 7) is 0.403. The summed E-state index contributed by atoms with van der Waals surface area (Å²) in [6.07, 6.45) is 1.60. The van der Waals surface area contributed by atoms with Crippen molar-refractivity contribution in [3.63, 3.8) is 0 Å². The monoisotopic (exact) mass is 324 g/mol. The number of amides is 2. The number of piperidine rings is 1. The van der Waals surface area contributed by atoms with Crippen LogP contribution in [-0.2, 0) is 16.1 Å². The van der Waals surface area contributed by atoms with Crippen LogP contribution in [0.25, 0.3) is 0 Å². The lowest BCUT2D eigenvalue weighted by Crippen LogP contribution is -2.50. The number of carbonyl (C=O) groups excluding carboxylic acids is 3. The Morgan fingerprint density at radius 2 is 2.21 bits per heavy atom. The molecule has 0 bridgehead atoms. The molecule has 0 spiro atoms. The number of halogens is 1. The summed E-state index contributed by atoms with van der Waals surface area (Å²) in [4.78, 5) is 33.5. The fourth-order valence-electron chi connectivity index (χ4n) is 1.96. The van der Waals surface area contributed by atoms with E-state index in [0.29, 0.717) is 24.9 Å². The van der Waals surface area contributed by atoms with Gasteiger partial charge in [0.2, 0.25) is 11.8 Å². The van der Waals surface area contributed by atoms with Crippen molar-refractivity contribution in [1.82, 2.24) is 10.6 Å². The van der Waals surface area contributed by atoms with Crippen molar-refractivity contribution in [3.05, 3.63) is 33.8 Å². The van der Waals surface area contributed by atoms with Crippen LogP contribution >= 0.6 is 15.9 Å². The first kappa shape index (κ1) is 13.9. The van der Waals surface area contributed by atoms with E-state index in [2.05, 4.69) is 26.6 Å². The molecule has 5 nitrogen and oxygen atoms in total. The fraction of sp³-hybridized carbons (Fsp3) is 0.308. The van der Waals surface area contributed by atoms with Crippen molar-refractivity contribution >= 4 is 34.0 Å². The Kier molecular flexibility index (Phi) is 4.44. The first-order valence-corrected chi connectivity index (χ1v) is 6.70. The van der Waals surface area contributed by atoms with Gasteiger partial charge in [0.1, 0.15) is 6.29 Å². The lowest BCUT2D eigenvalue weighted by molar-refractivity contribution is -0.134. The molecular weight excluding hydrogens is 312 g/mol. The average Bonchev–Trinajstić information content (AvgIpc) is 2.38. The van der Waals surface area contributed by atoms with E-state index >= 15 is 0 Å². The van der Waals surface area contributed by atoms with E-state index in [1.54, 1.807) is 12.1 Å². The Morgan fingerprint density at radius 3 is 2.89 bits per heavy atom. The second-order valence-corrected chi connectivity index (χ2v) is 5.26. The van der Waals surface area contributed by atoms with Gasteiger partial charge in [0.15, 0.2) is 0 Å². The first-order chi connectivity index (χ1) is 9.10. The number of carbonyl (C=O) groups is 3. The molecular formula is C13H13BrN2O3. The van der Waals surface area contributed by atoms with E-state index in [-0.39, 0.29) is 11.8 Å². The topological polar surface area (TPSA) is 75.3 Å². The zero-order chi connectivity index (χ0) is 13.8. The Hall–Kier alpha value is -1.53. The summed E-state index contributed by atoms with van der Waals surface area (Å²) in [6, 6.07) is 4.96. The van der Waals surface area contributed by atoms with Crippen molar-refractivity contribution in [1.29, 1.82) is 0 Å². The van der Waals surface area contributed by atoms with E-state index in [1.807, 2.05) is 6.07 Å². The predicted molar refractivity (Wildman–Crippen MR) is 72.5 cm³/mol. The number of hydrogen-bond acceptors (Lipinski definition) is 4. The summed E-state index contributed by atoms with van der Waals surface area (Å²) in [5, 5.41) is 5.35. The van der Waals surface area contributed by atoms with Crippen LogP contribution in [0.2, 0.25) is 0 Å². The highest BCUT2D eigenvalue weighted by atomic mass is 79.9. The van der Waals surface area contributed by atoms with Crippen molar-refractivity contribution in [2.45, 2.75) is 25.4 Å². The van der Waals surface area contributed by atoms with E-state index < -0.39 is 6.04 Å². The van der Waals surface area contributed by atoms with Crippen LogP contribution in [-0.4, -0.2) is 24.1 Å². The lowest BCUT2D eigenvalue weighted by atomic mass is 10.0. The second-order valence-electron chi connectivity index (χ2n) is 4.35. The van der Waals surface area contributed by atoms with Crippen molar-refractivity contribution in [2.75, 3.05) is 0 Å². The van der Waals surface area contributed by atoms with Crippen LogP contribution in [0.1, 0.15) is 28.8 Å². The van der Waals surface area contributed by atoms with Crippen LogP contribution in [0.4, 0.5) is 0 Å². The maximum atomic E-state index is 11.6. The van der Waals surface area contributed by atoms with E-state index in [1.165, 1.54) is 0 Å². The number of nitrogens with one attached hydrogen (secondary N) is 2. The standard InChI is InChI=1S/C13H13BrN2O3/c14-10-2-1-8(7-17)9(5-10)6-15-11-3-4-12(18)16-13(11)19/h1-2,5,7,11,15H,3-4,6H2,(H,16,18,19). The Labute approximate surface area is 118 Å². The van der Waals surface area contributed by atoms with Crippen LogP contribution < -0.4 is 10.6 Å². The highest BCUT2D eigenvalue weighted by Crippen LogP contribution is 2.16. The Bertz CT molecular complexity index is 531. The van der Waals surface area contributed by atoms with Gasteiger partial charge in [-0.1, -0.05) is 22.0 Å². The smallest absolute Gasteiger partial charge is 0.243 e. The quantitative estimate of drug-likeness (QED) is 0.643. The summed E-state index contributed by atoms with van der Waals surface area (Å²) >= 11 is 3.34. The molecule has 1 aromatic carbocycles. The SMILES string of the molecule is O=Cc1ccc(Br)cc1CNC1CCC(=O)NC1=O. The van der Waals surface area contributed by atoms with Gasteiger partial charge in [0, 0.05) is 23.0 Å². The lowest BCUT2D eigenvalue weighted by Gasteiger charge is -2.22. The largest absolute Gasteiger partial charge is 0.302 e. The van der Waals surface area contributed by atoms with Crippen LogP contribution in [0, 0.1) is 0 Å². The molecule has 100 valence electrons. The molecule has 0 aromatic heterocycles. The molecule has 1 unspecified atom stereocenters. The molecule has 0 aliphatic carbocycles. The minimum absolute atomic E-state index is 0.237. The molecule has 1 heterocycles. The zero-order valence-corrected chi connectivity index (χ0v) is 11.7. The predicted octanol–water partition coefficient (Wildman–Crippen LogP) is 1.16. The highest BCUT2D eigenvalue weighted by molar-refractivity contribution is 9.10. The number of aldehydes is 1. The van der Waals surface area contributed by atoms with Gasteiger partial charge in [-0.05, 0) is 24.1 Å². The number of rotatable bonds is 4. The third-order valence-electron chi connectivity index (χ3n) is 3.01. The highest BCUT2D eigenvalue weighted by Gasteiger charge is 2.25. The van der Waals surface area contributed by atoms with E-state index in [0.717, 1.165) is 16.3 Å². The molecule has 1 aromatic rings. The van der Waals surface area contributed by atoms with Gasteiger partial charge < -0.3 is 5.32 Å².